The first-order valence-corrected chi connectivity index (χ1v) is 11.1. The Balaban J connectivity index is 0.000000305. The van der Waals surface area contributed by atoms with Crippen LogP contribution in [0.4, 0.5) is 30.2 Å². The fraction of sp³-hybridized carbons (Fsp3) is 0.391. The van der Waals surface area contributed by atoms with Gasteiger partial charge >= 0.3 is 23.3 Å². The van der Waals surface area contributed by atoms with E-state index in [0.29, 0.717) is 0 Å². The Hall–Kier alpha value is -4.67. The molecule has 1 unspecified atom stereocenters. The Morgan fingerprint density at radius 2 is 1.40 bits per heavy atom. The van der Waals surface area contributed by atoms with Crippen LogP contribution in [0.15, 0.2) is 24.3 Å². The van der Waals surface area contributed by atoms with E-state index in [1.54, 1.807) is 0 Å². The fourth-order valence-corrected chi connectivity index (χ4v) is 3.22. The van der Waals surface area contributed by atoms with Gasteiger partial charge in [-0.25, -0.2) is 18.4 Å². The highest BCUT2D eigenvalue weighted by atomic mass is 19.3. The number of hydrogen-bond acceptors (Lipinski definition) is 12. The van der Waals surface area contributed by atoms with E-state index >= 15 is 0 Å². The molecule has 0 heterocycles. The Bertz CT molecular complexity index is 1290. The SMILES string of the molecule is COC(=O)c1cc(F)c([N+](=O)[O-])c(OC)c1.COC(=O)c1cc(NCCOC2CC2(F)F)c([N+](=O)[O-])c(OC)c1. The highest BCUT2D eigenvalue weighted by Crippen LogP contribution is 2.44. The summed E-state index contributed by atoms with van der Waals surface area (Å²) in [6.07, 6.45) is -1.43. The van der Waals surface area contributed by atoms with Gasteiger partial charge in [-0.2, -0.15) is 4.39 Å². The summed E-state index contributed by atoms with van der Waals surface area (Å²) in [6.45, 7) is -0.0244. The third-order valence-corrected chi connectivity index (χ3v) is 5.26. The number of nitro benzene ring substituents is 2. The zero-order valence-corrected chi connectivity index (χ0v) is 21.5. The third kappa shape index (κ3) is 7.68. The number of nitrogens with one attached hydrogen (secondary N) is 1. The molecule has 0 amide bonds. The number of esters is 2. The molecule has 3 rings (SSSR count). The molecule has 0 aromatic heterocycles. The molecule has 2 aromatic rings. The van der Waals surface area contributed by atoms with Gasteiger partial charge in [-0.1, -0.05) is 0 Å². The van der Waals surface area contributed by atoms with Gasteiger partial charge < -0.3 is 29.0 Å². The second-order valence-corrected chi connectivity index (χ2v) is 7.83. The zero-order chi connectivity index (χ0) is 30.2. The van der Waals surface area contributed by atoms with E-state index < -0.39 is 45.3 Å². The molecule has 218 valence electrons. The highest BCUT2D eigenvalue weighted by molar-refractivity contribution is 5.93. The van der Waals surface area contributed by atoms with Gasteiger partial charge in [-0.3, -0.25) is 20.2 Å². The molecule has 0 spiro atoms. The van der Waals surface area contributed by atoms with Gasteiger partial charge in [-0.15, -0.1) is 0 Å². The number of alkyl halides is 2. The number of ether oxygens (including phenoxy) is 5. The quantitative estimate of drug-likeness (QED) is 0.178. The van der Waals surface area contributed by atoms with Crippen molar-refractivity contribution >= 4 is 29.0 Å². The minimum atomic E-state index is -2.79. The number of halogens is 3. The summed E-state index contributed by atoms with van der Waals surface area (Å²) in [7, 11) is 4.66. The van der Waals surface area contributed by atoms with E-state index in [2.05, 4.69) is 19.5 Å². The molecule has 0 saturated heterocycles. The van der Waals surface area contributed by atoms with Crippen LogP contribution >= 0.6 is 0 Å². The number of anilines is 1. The van der Waals surface area contributed by atoms with Gasteiger partial charge in [0.1, 0.15) is 11.8 Å². The van der Waals surface area contributed by atoms with Gasteiger partial charge in [0.2, 0.25) is 11.6 Å². The van der Waals surface area contributed by atoms with Crippen LogP contribution in [0.2, 0.25) is 0 Å². The molecule has 14 nitrogen and oxygen atoms in total. The lowest BCUT2D eigenvalue weighted by Gasteiger charge is -2.12. The van der Waals surface area contributed by atoms with E-state index in [1.165, 1.54) is 26.4 Å². The van der Waals surface area contributed by atoms with Gasteiger partial charge in [0, 0.05) is 25.1 Å². The van der Waals surface area contributed by atoms with Gasteiger partial charge in [0.25, 0.3) is 5.92 Å². The minimum Gasteiger partial charge on any atom is -0.490 e. The molecule has 1 fully saturated rings. The predicted octanol–water partition coefficient (Wildman–Crippen LogP) is 3.76. The number of methoxy groups -OCH3 is 4. The normalized spacial score (nSPS) is 14.6. The van der Waals surface area contributed by atoms with Crippen molar-refractivity contribution in [2.75, 3.05) is 46.9 Å². The lowest BCUT2D eigenvalue weighted by Crippen LogP contribution is -2.15. The lowest BCUT2D eigenvalue weighted by atomic mass is 10.1. The van der Waals surface area contributed by atoms with Crippen molar-refractivity contribution in [1.82, 2.24) is 0 Å². The van der Waals surface area contributed by atoms with Crippen LogP contribution in [-0.2, 0) is 14.2 Å². The largest absolute Gasteiger partial charge is 0.490 e. The fourth-order valence-electron chi connectivity index (χ4n) is 3.22. The first kappa shape index (κ1) is 31.5. The van der Waals surface area contributed by atoms with Crippen molar-refractivity contribution in [3.8, 4) is 11.5 Å². The van der Waals surface area contributed by atoms with Gasteiger partial charge in [0.15, 0.2) is 5.75 Å². The predicted molar refractivity (Wildman–Crippen MR) is 130 cm³/mol. The van der Waals surface area contributed by atoms with E-state index in [4.69, 9.17) is 9.47 Å². The van der Waals surface area contributed by atoms with Crippen molar-refractivity contribution in [1.29, 1.82) is 0 Å². The average molecular weight is 575 g/mol. The van der Waals surface area contributed by atoms with Crippen LogP contribution in [0.1, 0.15) is 27.1 Å². The summed E-state index contributed by atoms with van der Waals surface area (Å²) in [6, 6.07) is 4.20. The lowest BCUT2D eigenvalue weighted by molar-refractivity contribution is -0.388. The van der Waals surface area contributed by atoms with Crippen molar-refractivity contribution in [2.24, 2.45) is 0 Å². The Morgan fingerprint density at radius 1 is 0.925 bits per heavy atom. The number of rotatable bonds is 11. The van der Waals surface area contributed by atoms with E-state index in [0.717, 1.165) is 26.4 Å². The summed E-state index contributed by atoms with van der Waals surface area (Å²) < 4.78 is 62.2. The van der Waals surface area contributed by atoms with Crippen molar-refractivity contribution < 1.29 is 56.3 Å². The number of carbonyl (C=O) groups excluding carboxylic acids is 2. The minimum absolute atomic E-state index is 0.00547. The smallest absolute Gasteiger partial charge is 0.346 e. The van der Waals surface area contributed by atoms with Crippen LogP contribution in [-0.4, -0.2) is 75.4 Å². The molecule has 40 heavy (non-hydrogen) atoms. The first-order valence-electron chi connectivity index (χ1n) is 11.1. The Labute approximate surface area is 224 Å². The number of benzene rings is 2. The third-order valence-electron chi connectivity index (χ3n) is 5.26. The van der Waals surface area contributed by atoms with Crippen molar-refractivity contribution in [2.45, 2.75) is 18.4 Å². The molecule has 0 bridgehead atoms. The van der Waals surface area contributed by atoms with Crippen LogP contribution in [0.3, 0.4) is 0 Å². The standard InChI is InChI=1S/C14H16F2N2O6.C9H8FNO5/c1-22-10-6-8(13(19)23-2)5-9(12(10)18(20)21)17-3-4-24-11-7-14(11,15)16;1-15-7-4-5(9(12)16-2)3-6(10)8(7)11(13)14/h5-6,11,17H,3-4,7H2,1-2H3;3-4H,1-2H3. The van der Waals surface area contributed by atoms with Crippen LogP contribution in [0.25, 0.3) is 0 Å². The summed E-state index contributed by atoms with van der Waals surface area (Å²) in [5.74, 6) is -5.89. The highest BCUT2D eigenvalue weighted by Gasteiger charge is 2.58. The molecule has 2 aromatic carbocycles. The number of carbonyl (C=O) groups is 2. The molecule has 1 aliphatic rings. The van der Waals surface area contributed by atoms with Crippen molar-refractivity contribution in [3.63, 3.8) is 0 Å². The second-order valence-electron chi connectivity index (χ2n) is 7.83. The topological polar surface area (TPSA) is 179 Å². The second kappa shape index (κ2) is 13.4. The van der Waals surface area contributed by atoms with E-state index in [9.17, 15) is 43.0 Å². The maximum absolute atomic E-state index is 13.3. The number of hydrogen-bond donors (Lipinski definition) is 1. The molecule has 0 radical (unpaired) electrons. The summed E-state index contributed by atoms with van der Waals surface area (Å²) in [4.78, 5) is 42.9. The molecular formula is C23H24F3N3O11. The molecule has 1 N–H and O–H groups in total. The first-order chi connectivity index (χ1) is 18.8. The van der Waals surface area contributed by atoms with Gasteiger partial charge in [0.05, 0.1) is 56.0 Å². The number of nitrogens with zero attached hydrogens (tertiary/aromatic N) is 2. The van der Waals surface area contributed by atoms with Crippen LogP contribution in [0, 0.1) is 26.0 Å². The maximum atomic E-state index is 13.3. The average Bonchev–Trinajstić information content (AvgIpc) is 3.54. The Kier molecular flexibility index (Phi) is 10.6. The maximum Gasteiger partial charge on any atom is 0.346 e. The summed E-state index contributed by atoms with van der Waals surface area (Å²) in [5.41, 5.74) is -1.28. The molecule has 1 aliphatic carbocycles. The van der Waals surface area contributed by atoms with E-state index in [1.807, 2.05) is 0 Å². The van der Waals surface area contributed by atoms with E-state index in [-0.39, 0.29) is 53.6 Å². The molecule has 1 atom stereocenters. The van der Waals surface area contributed by atoms with Gasteiger partial charge in [-0.05, 0) is 12.1 Å². The monoisotopic (exact) mass is 575 g/mol. The van der Waals surface area contributed by atoms with Crippen LogP contribution < -0.4 is 14.8 Å². The number of nitro groups is 2. The molecule has 17 heteroatoms. The molecule has 0 aliphatic heterocycles. The summed E-state index contributed by atoms with van der Waals surface area (Å²) in [5, 5.41) is 24.4. The summed E-state index contributed by atoms with van der Waals surface area (Å²) >= 11 is 0. The Morgan fingerprint density at radius 3 is 1.82 bits per heavy atom. The zero-order valence-electron chi connectivity index (χ0n) is 21.5. The van der Waals surface area contributed by atoms with Crippen molar-refractivity contribution in [3.05, 3.63) is 61.4 Å². The molecule has 1 saturated carbocycles. The van der Waals surface area contributed by atoms with Crippen LogP contribution in [0.5, 0.6) is 11.5 Å². The molecular weight excluding hydrogens is 551 g/mol.